The van der Waals surface area contributed by atoms with Gasteiger partial charge in [0.1, 0.15) is 16.7 Å². The third-order valence-electron chi connectivity index (χ3n) is 2.06. The summed E-state index contributed by atoms with van der Waals surface area (Å²) in [6.07, 6.45) is 1.61. The largest absolute Gasteiger partial charge is 0.507 e. The average molecular weight is 221 g/mol. The van der Waals surface area contributed by atoms with E-state index in [9.17, 15) is 5.11 Å². The van der Waals surface area contributed by atoms with Gasteiger partial charge in [0.2, 0.25) is 0 Å². The number of halogens is 1. The molecular weight excluding hydrogens is 212 g/mol. The van der Waals surface area contributed by atoms with Crippen molar-refractivity contribution in [3.05, 3.63) is 41.4 Å². The van der Waals surface area contributed by atoms with E-state index in [0.29, 0.717) is 22.1 Å². The SMILES string of the molecule is Cc1ncc(-c2ccccc2O)c(Cl)n1. The number of hydrogen-bond donors (Lipinski definition) is 1. The zero-order valence-corrected chi connectivity index (χ0v) is 8.86. The van der Waals surface area contributed by atoms with Gasteiger partial charge in [-0.3, -0.25) is 0 Å². The van der Waals surface area contributed by atoms with Crippen LogP contribution in [0.5, 0.6) is 5.75 Å². The van der Waals surface area contributed by atoms with E-state index < -0.39 is 0 Å². The van der Waals surface area contributed by atoms with Crippen LogP contribution in [0.4, 0.5) is 0 Å². The molecule has 0 aliphatic rings. The minimum absolute atomic E-state index is 0.173. The lowest BCUT2D eigenvalue weighted by atomic mass is 10.1. The number of aromatic nitrogens is 2. The molecule has 1 aromatic carbocycles. The van der Waals surface area contributed by atoms with Gasteiger partial charge in [-0.25, -0.2) is 9.97 Å². The summed E-state index contributed by atoms with van der Waals surface area (Å²) < 4.78 is 0. The molecule has 1 N–H and O–H groups in total. The van der Waals surface area contributed by atoms with Gasteiger partial charge >= 0.3 is 0 Å². The summed E-state index contributed by atoms with van der Waals surface area (Å²) >= 11 is 5.97. The van der Waals surface area contributed by atoms with Crippen molar-refractivity contribution >= 4 is 11.6 Å². The Bertz CT molecular complexity index is 500. The maximum Gasteiger partial charge on any atom is 0.140 e. The molecule has 0 amide bonds. The molecule has 1 heterocycles. The van der Waals surface area contributed by atoms with Crippen molar-refractivity contribution in [3.8, 4) is 16.9 Å². The van der Waals surface area contributed by atoms with Gasteiger partial charge in [0.15, 0.2) is 0 Å². The Hall–Kier alpha value is -1.61. The number of phenols is 1. The first-order valence-corrected chi connectivity index (χ1v) is 4.84. The van der Waals surface area contributed by atoms with Gasteiger partial charge in [-0.1, -0.05) is 29.8 Å². The van der Waals surface area contributed by atoms with Crippen LogP contribution in [-0.2, 0) is 0 Å². The first kappa shape index (κ1) is 9.93. The number of benzene rings is 1. The maximum absolute atomic E-state index is 9.64. The summed E-state index contributed by atoms with van der Waals surface area (Å²) in [7, 11) is 0. The monoisotopic (exact) mass is 220 g/mol. The number of hydrogen-bond acceptors (Lipinski definition) is 3. The standard InChI is InChI=1S/C11H9ClN2O/c1-7-13-6-9(11(12)14-7)8-4-2-3-5-10(8)15/h2-6,15H,1H3. The van der Waals surface area contributed by atoms with E-state index in [0.717, 1.165) is 0 Å². The first-order chi connectivity index (χ1) is 7.18. The van der Waals surface area contributed by atoms with Gasteiger partial charge < -0.3 is 5.11 Å². The molecule has 0 aliphatic carbocycles. The molecule has 76 valence electrons. The van der Waals surface area contributed by atoms with Crippen molar-refractivity contribution in [1.29, 1.82) is 0 Å². The Morgan fingerprint density at radius 2 is 1.93 bits per heavy atom. The fraction of sp³-hybridized carbons (Fsp3) is 0.0909. The second kappa shape index (κ2) is 3.87. The van der Waals surface area contributed by atoms with E-state index in [1.165, 1.54) is 0 Å². The summed E-state index contributed by atoms with van der Waals surface area (Å²) in [5.41, 5.74) is 1.28. The predicted molar refractivity (Wildman–Crippen MR) is 58.9 cm³/mol. The molecular formula is C11H9ClN2O. The van der Waals surface area contributed by atoms with Crippen molar-refractivity contribution in [2.75, 3.05) is 0 Å². The fourth-order valence-corrected chi connectivity index (χ4v) is 1.60. The van der Waals surface area contributed by atoms with Gasteiger partial charge in [-0.05, 0) is 13.0 Å². The summed E-state index contributed by atoms with van der Waals surface area (Å²) in [5, 5.41) is 9.99. The van der Waals surface area contributed by atoms with Gasteiger partial charge in [-0.15, -0.1) is 0 Å². The van der Waals surface area contributed by atoms with Gasteiger partial charge in [0, 0.05) is 17.3 Å². The molecule has 0 fully saturated rings. The minimum atomic E-state index is 0.173. The Kier molecular flexibility index (Phi) is 2.56. The van der Waals surface area contributed by atoms with Crippen molar-refractivity contribution in [2.24, 2.45) is 0 Å². The maximum atomic E-state index is 9.64. The molecule has 15 heavy (non-hydrogen) atoms. The van der Waals surface area contributed by atoms with Crippen LogP contribution in [0.1, 0.15) is 5.82 Å². The van der Waals surface area contributed by atoms with E-state index in [4.69, 9.17) is 11.6 Å². The number of para-hydroxylation sites is 1. The highest BCUT2D eigenvalue weighted by molar-refractivity contribution is 6.32. The quantitative estimate of drug-likeness (QED) is 0.752. The average Bonchev–Trinajstić information content (AvgIpc) is 2.20. The smallest absolute Gasteiger partial charge is 0.140 e. The third-order valence-corrected chi connectivity index (χ3v) is 2.35. The summed E-state index contributed by atoms with van der Waals surface area (Å²) in [4.78, 5) is 8.09. The third kappa shape index (κ3) is 1.92. The molecule has 0 unspecified atom stereocenters. The highest BCUT2D eigenvalue weighted by Gasteiger charge is 2.09. The second-order valence-electron chi connectivity index (χ2n) is 3.14. The lowest BCUT2D eigenvalue weighted by Gasteiger charge is -2.05. The zero-order chi connectivity index (χ0) is 10.8. The van der Waals surface area contributed by atoms with E-state index in [1.54, 1.807) is 31.3 Å². The van der Waals surface area contributed by atoms with Crippen molar-refractivity contribution in [3.63, 3.8) is 0 Å². The predicted octanol–water partition coefficient (Wildman–Crippen LogP) is 2.81. The van der Waals surface area contributed by atoms with Crippen LogP contribution in [-0.4, -0.2) is 15.1 Å². The van der Waals surface area contributed by atoms with Gasteiger partial charge in [0.05, 0.1) is 0 Å². The van der Waals surface area contributed by atoms with E-state index in [-0.39, 0.29) is 5.75 Å². The summed E-state index contributed by atoms with van der Waals surface area (Å²) in [6, 6.07) is 6.95. The molecule has 0 radical (unpaired) electrons. The molecule has 0 saturated heterocycles. The normalized spacial score (nSPS) is 10.3. The molecule has 0 atom stereocenters. The number of rotatable bonds is 1. The van der Waals surface area contributed by atoms with Crippen LogP contribution >= 0.6 is 11.6 Å². The van der Waals surface area contributed by atoms with Crippen LogP contribution in [0, 0.1) is 6.92 Å². The lowest BCUT2D eigenvalue weighted by Crippen LogP contribution is -1.90. The van der Waals surface area contributed by atoms with Crippen molar-refractivity contribution < 1.29 is 5.11 Å². The number of phenolic OH excluding ortho intramolecular Hbond substituents is 1. The van der Waals surface area contributed by atoms with E-state index in [2.05, 4.69) is 9.97 Å². The van der Waals surface area contributed by atoms with Crippen molar-refractivity contribution in [2.45, 2.75) is 6.92 Å². The topological polar surface area (TPSA) is 46.0 Å². The molecule has 0 spiro atoms. The molecule has 2 aromatic rings. The van der Waals surface area contributed by atoms with Gasteiger partial charge in [0.25, 0.3) is 0 Å². The molecule has 3 nitrogen and oxygen atoms in total. The van der Waals surface area contributed by atoms with Gasteiger partial charge in [-0.2, -0.15) is 0 Å². The Labute approximate surface area is 92.4 Å². The Morgan fingerprint density at radius 1 is 1.20 bits per heavy atom. The summed E-state index contributed by atoms with van der Waals surface area (Å²) in [5.74, 6) is 0.783. The number of aromatic hydroxyl groups is 1. The molecule has 0 saturated carbocycles. The Morgan fingerprint density at radius 3 is 2.60 bits per heavy atom. The highest BCUT2D eigenvalue weighted by Crippen LogP contribution is 2.32. The molecule has 0 aliphatic heterocycles. The number of aryl methyl sites for hydroxylation is 1. The molecule has 2 rings (SSSR count). The number of nitrogens with zero attached hydrogens (tertiary/aromatic N) is 2. The van der Waals surface area contributed by atoms with Crippen LogP contribution in [0.3, 0.4) is 0 Å². The van der Waals surface area contributed by atoms with E-state index >= 15 is 0 Å². The Balaban J connectivity index is 2.60. The molecule has 0 bridgehead atoms. The van der Waals surface area contributed by atoms with E-state index in [1.807, 2.05) is 6.07 Å². The summed E-state index contributed by atoms with van der Waals surface area (Å²) in [6.45, 7) is 1.76. The fourth-order valence-electron chi connectivity index (χ4n) is 1.32. The van der Waals surface area contributed by atoms with Crippen LogP contribution in [0.2, 0.25) is 5.15 Å². The lowest BCUT2D eigenvalue weighted by molar-refractivity contribution is 0.477. The highest BCUT2D eigenvalue weighted by atomic mass is 35.5. The van der Waals surface area contributed by atoms with Crippen LogP contribution in [0.15, 0.2) is 30.5 Å². The molecule has 4 heteroatoms. The van der Waals surface area contributed by atoms with Crippen LogP contribution in [0.25, 0.3) is 11.1 Å². The molecule has 1 aromatic heterocycles. The first-order valence-electron chi connectivity index (χ1n) is 4.46. The van der Waals surface area contributed by atoms with Crippen LogP contribution < -0.4 is 0 Å². The second-order valence-corrected chi connectivity index (χ2v) is 3.50. The zero-order valence-electron chi connectivity index (χ0n) is 8.11. The minimum Gasteiger partial charge on any atom is -0.507 e. The van der Waals surface area contributed by atoms with Crippen molar-refractivity contribution in [1.82, 2.24) is 9.97 Å².